The highest BCUT2D eigenvalue weighted by atomic mass is 32.2. The van der Waals surface area contributed by atoms with E-state index < -0.39 is 15.9 Å². The number of hydrogen-bond acceptors (Lipinski definition) is 4. The predicted octanol–water partition coefficient (Wildman–Crippen LogP) is 2.54. The number of sulfonamides is 1. The second-order valence-corrected chi connectivity index (χ2v) is 8.57. The molecule has 152 valence electrons. The maximum absolute atomic E-state index is 13.3. The quantitative estimate of drug-likeness (QED) is 0.704. The fourth-order valence-electron chi connectivity index (χ4n) is 3.38. The van der Waals surface area contributed by atoms with Gasteiger partial charge in [0, 0.05) is 49.4 Å². The van der Waals surface area contributed by atoms with Crippen LogP contribution >= 0.6 is 0 Å². The van der Waals surface area contributed by atoms with Crippen LogP contribution in [0.4, 0.5) is 8.78 Å². The molecule has 0 aliphatic carbocycles. The van der Waals surface area contributed by atoms with E-state index in [1.54, 1.807) is 35.0 Å². The number of pyridine rings is 1. The van der Waals surface area contributed by atoms with Crippen LogP contribution in [0.25, 0.3) is 16.7 Å². The van der Waals surface area contributed by atoms with E-state index in [0.717, 1.165) is 0 Å². The zero-order valence-electron chi connectivity index (χ0n) is 15.3. The first kappa shape index (κ1) is 19.5. The van der Waals surface area contributed by atoms with Crippen molar-refractivity contribution < 1.29 is 22.0 Å². The molecule has 0 spiro atoms. The van der Waals surface area contributed by atoms with Gasteiger partial charge in [-0.2, -0.15) is 0 Å². The first-order chi connectivity index (χ1) is 13.6. The van der Waals surface area contributed by atoms with Crippen LogP contribution in [0.2, 0.25) is 0 Å². The van der Waals surface area contributed by atoms with Crippen LogP contribution in [0.3, 0.4) is 0 Å². The summed E-state index contributed by atoms with van der Waals surface area (Å²) in [6.45, 7) is 0.0104. The first-order valence-corrected chi connectivity index (χ1v) is 10.5. The summed E-state index contributed by atoms with van der Waals surface area (Å²) in [7, 11) is -3.85. The molecule has 4 rings (SSSR count). The average Bonchev–Trinajstić information content (AvgIpc) is 3.10. The second-order valence-electron chi connectivity index (χ2n) is 7.01. The minimum Gasteiger partial charge on any atom is -0.338 e. The molecule has 0 unspecified atom stereocenters. The van der Waals surface area contributed by atoms with Crippen LogP contribution < -0.4 is 5.14 Å². The number of halogens is 2. The van der Waals surface area contributed by atoms with Crippen molar-refractivity contribution >= 4 is 27.0 Å². The van der Waals surface area contributed by atoms with Crippen LogP contribution in [-0.2, 0) is 10.0 Å². The molecule has 1 aliphatic rings. The summed E-state index contributed by atoms with van der Waals surface area (Å²) in [6, 6.07) is 9.51. The highest BCUT2D eigenvalue weighted by Crippen LogP contribution is 2.29. The van der Waals surface area contributed by atoms with Gasteiger partial charge in [-0.1, -0.05) is 6.07 Å². The molecular formula is C19H18F2N4O3S. The predicted molar refractivity (Wildman–Crippen MR) is 103 cm³/mol. The van der Waals surface area contributed by atoms with Gasteiger partial charge in [0.2, 0.25) is 10.0 Å². The second kappa shape index (κ2) is 6.89. The van der Waals surface area contributed by atoms with Gasteiger partial charge in [0.1, 0.15) is 5.65 Å². The van der Waals surface area contributed by atoms with E-state index in [4.69, 9.17) is 5.14 Å². The number of likely N-dealkylation sites (tertiary alicyclic amines) is 1. The fraction of sp³-hybridized carbons (Fsp3) is 0.263. The summed E-state index contributed by atoms with van der Waals surface area (Å²) >= 11 is 0. The van der Waals surface area contributed by atoms with E-state index >= 15 is 0 Å². The lowest BCUT2D eigenvalue weighted by molar-refractivity contribution is -0.0494. The summed E-state index contributed by atoms with van der Waals surface area (Å²) in [6.07, 6.45) is 2.42. The molecule has 1 fully saturated rings. The minimum atomic E-state index is -3.85. The van der Waals surface area contributed by atoms with Crippen molar-refractivity contribution in [3.63, 3.8) is 0 Å². The van der Waals surface area contributed by atoms with E-state index in [-0.39, 0.29) is 36.7 Å². The molecule has 0 atom stereocenters. The Bertz CT molecular complexity index is 1200. The zero-order chi connectivity index (χ0) is 20.8. The molecule has 1 saturated heterocycles. The molecule has 1 aromatic carbocycles. The summed E-state index contributed by atoms with van der Waals surface area (Å²) in [4.78, 5) is 18.4. The molecule has 1 amide bonds. The summed E-state index contributed by atoms with van der Waals surface area (Å²) < 4.78 is 51.5. The Morgan fingerprint density at radius 3 is 2.55 bits per heavy atom. The number of nitrogens with two attached hydrogens (primary N) is 1. The maximum atomic E-state index is 13.3. The molecule has 3 heterocycles. The summed E-state index contributed by atoms with van der Waals surface area (Å²) in [5.41, 5.74) is 1.40. The number of hydrogen-bond donors (Lipinski definition) is 1. The van der Waals surface area contributed by atoms with Gasteiger partial charge in [0.05, 0.1) is 10.5 Å². The lowest BCUT2D eigenvalue weighted by Gasteiger charge is -2.31. The molecule has 0 bridgehead atoms. The Balaban J connectivity index is 1.64. The number of amides is 1. The Kier molecular flexibility index (Phi) is 4.62. The largest absolute Gasteiger partial charge is 0.338 e. The number of nitrogens with zero attached hydrogens (tertiary/aromatic N) is 3. The van der Waals surface area contributed by atoms with Crippen LogP contribution in [0.15, 0.2) is 53.7 Å². The molecular weight excluding hydrogens is 402 g/mol. The number of piperidine rings is 1. The number of alkyl halides is 2. The topological polar surface area (TPSA) is 98.3 Å². The van der Waals surface area contributed by atoms with Gasteiger partial charge in [0.15, 0.2) is 0 Å². The smallest absolute Gasteiger partial charge is 0.255 e. The maximum Gasteiger partial charge on any atom is 0.255 e. The Morgan fingerprint density at radius 1 is 1.14 bits per heavy atom. The first-order valence-electron chi connectivity index (χ1n) is 8.92. The number of rotatable bonds is 3. The highest BCUT2D eigenvalue weighted by Gasteiger charge is 2.35. The van der Waals surface area contributed by atoms with E-state index in [0.29, 0.717) is 22.3 Å². The van der Waals surface area contributed by atoms with E-state index in [1.807, 2.05) is 0 Å². The molecule has 3 aromatic rings. The van der Waals surface area contributed by atoms with Crippen molar-refractivity contribution in [3.8, 4) is 5.69 Å². The molecule has 10 heteroatoms. The van der Waals surface area contributed by atoms with E-state index in [2.05, 4.69) is 4.98 Å². The van der Waals surface area contributed by atoms with Gasteiger partial charge in [-0.3, -0.25) is 4.79 Å². The van der Waals surface area contributed by atoms with Crippen molar-refractivity contribution in [2.24, 2.45) is 5.14 Å². The average molecular weight is 420 g/mol. The van der Waals surface area contributed by atoms with Crippen molar-refractivity contribution in [1.82, 2.24) is 14.5 Å². The Morgan fingerprint density at radius 2 is 1.86 bits per heavy atom. The monoisotopic (exact) mass is 420 g/mol. The van der Waals surface area contributed by atoms with Crippen LogP contribution in [0.5, 0.6) is 0 Å². The highest BCUT2D eigenvalue weighted by molar-refractivity contribution is 7.89. The van der Waals surface area contributed by atoms with Crippen molar-refractivity contribution in [1.29, 1.82) is 0 Å². The van der Waals surface area contributed by atoms with Crippen molar-refractivity contribution in [2.45, 2.75) is 23.7 Å². The molecule has 2 aromatic heterocycles. The van der Waals surface area contributed by atoms with Gasteiger partial charge >= 0.3 is 0 Å². The summed E-state index contributed by atoms with van der Waals surface area (Å²) in [5.74, 6) is -3.05. The van der Waals surface area contributed by atoms with Crippen LogP contribution in [-0.4, -0.2) is 47.8 Å². The van der Waals surface area contributed by atoms with Crippen LogP contribution in [0, 0.1) is 0 Å². The number of carbonyl (C=O) groups is 1. The van der Waals surface area contributed by atoms with Gasteiger partial charge in [-0.15, -0.1) is 0 Å². The van der Waals surface area contributed by atoms with E-state index in [9.17, 15) is 22.0 Å². The third-order valence-corrected chi connectivity index (χ3v) is 5.89. The lowest BCUT2D eigenvalue weighted by Crippen LogP contribution is -2.42. The lowest BCUT2D eigenvalue weighted by atomic mass is 10.1. The Labute approximate surface area is 165 Å². The molecule has 0 saturated carbocycles. The van der Waals surface area contributed by atoms with Gasteiger partial charge in [0.25, 0.3) is 11.8 Å². The third-order valence-electron chi connectivity index (χ3n) is 4.98. The van der Waals surface area contributed by atoms with Crippen molar-refractivity contribution in [3.05, 3.63) is 54.4 Å². The van der Waals surface area contributed by atoms with E-state index in [1.165, 1.54) is 23.2 Å². The summed E-state index contributed by atoms with van der Waals surface area (Å²) in [5, 5.41) is 5.86. The number of benzene rings is 1. The molecule has 2 N–H and O–H groups in total. The van der Waals surface area contributed by atoms with Crippen molar-refractivity contribution in [2.75, 3.05) is 13.1 Å². The fourth-order valence-corrected chi connectivity index (χ4v) is 3.93. The van der Waals surface area contributed by atoms with Gasteiger partial charge in [-0.25, -0.2) is 27.3 Å². The minimum absolute atomic E-state index is 0.00520. The number of primary sulfonamides is 1. The number of carbonyl (C=O) groups excluding carboxylic acids is 1. The zero-order valence-corrected chi connectivity index (χ0v) is 16.1. The SMILES string of the molecule is NS(=O)(=O)c1cccc(-n2ccc3cc(C(=O)N4CCC(F)(F)CC4)cnc32)c1. The Hall–Kier alpha value is -2.85. The van der Waals surface area contributed by atoms with Gasteiger partial charge < -0.3 is 9.47 Å². The standard InChI is InChI=1S/C19H18F2N4O3S/c20-19(21)5-8-24(9-6-19)18(26)14-10-13-4-7-25(17(13)23-12-14)15-2-1-3-16(11-15)29(22,27)28/h1-4,7,10-12H,5-6,8-9H2,(H2,22,27,28). The molecule has 7 nitrogen and oxygen atoms in total. The normalized spacial score (nSPS) is 16.9. The van der Waals surface area contributed by atoms with Gasteiger partial charge in [-0.05, 0) is 30.3 Å². The van der Waals surface area contributed by atoms with Crippen LogP contribution in [0.1, 0.15) is 23.2 Å². The molecule has 29 heavy (non-hydrogen) atoms. The number of aromatic nitrogens is 2. The number of fused-ring (bicyclic) bond motifs is 1. The molecule has 1 aliphatic heterocycles. The third kappa shape index (κ3) is 3.85. The molecule has 0 radical (unpaired) electrons.